The number of rotatable bonds is 4. The Bertz CT molecular complexity index is 471. The first-order chi connectivity index (χ1) is 7.51. The first-order valence-corrected chi connectivity index (χ1v) is 4.40. The average Bonchev–Trinajstić information content (AvgIpc) is 2.26. The molecule has 0 spiro atoms. The molecule has 0 aliphatic rings. The van der Waals surface area contributed by atoms with Crippen LogP contribution in [0.2, 0.25) is 0 Å². The van der Waals surface area contributed by atoms with E-state index >= 15 is 0 Å². The molecule has 0 aliphatic heterocycles. The second kappa shape index (κ2) is 4.71. The van der Waals surface area contributed by atoms with E-state index in [0.717, 1.165) is 12.1 Å². The Balaban J connectivity index is 3.53. The molecule has 6 nitrogen and oxygen atoms in total. The van der Waals surface area contributed by atoms with Gasteiger partial charge in [-0.15, -0.1) is 0 Å². The fraction of sp³-hybridized carbons (Fsp3) is 0.111. The molecule has 84 valence electrons. The highest BCUT2D eigenvalue weighted by atomic mass is 35.5. The number of benzene rings is 1. The molecule has 0 bridgehead atoms. The van der Waals surface area contributed by atoms with Gasteiger partial charge in [-0.3, -0.25) is 19.7 Å². The second-order valence-corrected chi connectivity index (χ2v) is 3.10. The summed E-state index contributed by atoms with van der Waals surface area (Å²) < 4.78 is 4.80. The molecule has 0 unspecified atom stereocenters. The molecular weight excluding hydrogens is 238 g/mol. The zero-order chi connectivity index (χ0) is 12.3. The van der Waals surface area contributed by atoms with E-state index in [-0.39, 0.29) is 16.9 Å². The van der Waals surface area contributed by atoms with Crippen molar-refractivity contribution in [1.82, 2.24) is 0 Å². The Morgan fingerprint density at radius 1 is 1.56 bits per heavy atom. The average molecular weight is 244 g/mol. The van der Waals surface area contributed by atoms with E-state index in [2.05, 4.69) is 0 Å². The van der Waals surface area contributed by atoms with Gasteiger partial charge in [-0.25, -0.2) is 0 Å². The Morgan fingerprint density at radius 2 is 2.19 bits per heavy atom. The van der Waals surface area contributed by atoms with Crippen LogP contribution in [0.25, 0.3) is 0 Å². The zero-order valence-corrected chi connectivity index (χ0v) is 8.85. The van der Waals surface area contributed by atoms with Gasteiger partial charge < -0.3 is 4.74 Å². The normalized spacial score (nSPS) is 9.62. The van der Waals surface area contributed by atoms with Crippen LogP contribution >= 0.6 is 11.6 Å². The quantitative estimate of drug-likeness (QED) is 0.348. The molecule has 0 atom stereocenters. The van der Waals surface area contributed by atoms with Crippen molar-refractivity contribution in [1.29, 1.82) is 0 Å². The van der Waals surface area contributed by atoms with Gasteiger partial charge in [-0.05, 0) is 17.7 Å². The van der Waals surface area contributed by atoms with Crippen LogP contribution in [-0.2, 0) is 0 Å². The number of nitro groups is 1. The molecule has 1 aromatic carbocycles. The van der Waals surface area contributed by atoms with Crippen molar-refractivity contribution in [2.45, 2.75) is 0 Å². The van der Waals surface area contributed by atoms with E-state index in [9.17, 15) is 19.7 Å². The lowest BCUT2D eigenvalue weighted by atomic mass is 10.1. The van der Waals surface area contributed by atoms with Crippen LogP contribution < -0.4 is 4.74 Å². The summed E-state index contributed by atoms with van der Waals surface area (Å²) in [5.74, 6) is 0.0598. The van der Waals surface area contributed by atoms with Gasteiger partial charge in [0, 0.05) is 6.07 Å². The minimum absolute atomic E-state index is 0.0177. The van der Waals surface area contributed by atoms with Crippen LogP contribution in [0.5, 0.6) is 5.75 Å². The molecule has 0 aromatic heterocycles. The van der Waals surface area contributed by atoms with Gasteiger partial charge in [0.05, 0.1) is 17.6 Å². The molecule has 0 radical (unpaired) electrons. The standard InChI is InChI=1S/C9H6ClNO5/c1-16-8-3-6(9(10)13)7(11(14)15)2-5(8)4-12/h2-4H,1H3. The molecule has 0 N–H and O–H groups in total. The van der Waals surface area contributed by atoms with Crippen molar-refractivity contribution in [3.8, 4) is 5.75 Å². The number of nitrogens with zero attached hydrogens (tertiary/aromatic N) is 1. The smallest absolute Gasteiger partial charge is 0.282 e. The first kappa shape index (κ1) is 12.1. The monoisotopic (exact) mass is 243 g/mol. The first-order valence-electron chi connectivity index (χ1n) is 4.02. The van der Waals surface area contributed by atoms with Crippen LogP contribution in [0.1, 0.15) is 20.7 Å². The lowest BCUT2D eigenvalue weighted by molar-refractivity contribution is -0.385. The van der Waals surface area contributed by atoms with Crippen LogP contribution in [-0.4, -0.2) is 23.6 Å². The number of hydrogen-bond donors (Lipinski definition) is 0. The van der Waals surface area contributed by atoms with Crippen LogP contribution in [0.4, 0.5) is 5.69 Å². The number of aldehydes is 1. The van der Waals surface area contributed by atoms with E-state index in [4.69, 9.17) is 16.3 Å². The zero-order valence-electron chi connectivity index (χ0n) is 8.10. The highest BCUT2D eigenvalue weighted by molar-refractivity contribution is 6.68. The minimum atomic E-state index is -0.984. The number of halogens is 1. The maximum atomic E-state index is 11.0. The van der Waals surface area contributed by atoms with Crippen molar-refractivity contribution >= 4 is 28.8 Å². The molecule has 0 fully saturated rings. The van der Waals surface area contributed by atoms with E-state index in [0.29, 0.717) is 6.29 Å². The van der Waals surface area contributed by atoms with E-state index < -0.39 is 15.9 Å². The molecule has 0 amide bonds. The number of ether oxygens (including phenoxy) is 1. The maximum absolute atomic E-state index is 11.0. The van der Waals surface area contributed by atoms with Crippen molar-refractivity contribution in [3.63, 3.8) is 0 Å². The van der Waals surface area contributed by atoms with Gasteiger partial charge in [0.2, 0.25) is 0 Å². The third kappa shape index (κ3) is 2.17. The fourth-order valence-electron chi connectivity index (χ4n) is 1.16. The fourth-order valence-corrected chi connectivity index (χ4v) is 1.31. The summed E-state index contributed by atoms with van der Waals surface area (Å²) in [4.78, 5) is 31.4. The molecule has 0 heterocycles. The molecule has 16 heavy (non-hydrogen) atoms. The molecule has 0 aliphatic carbocycles. The number of hydrogen-bond acceptors (Lipinski definition) is 5. The summed E-state index contributed by atoms with van der Waals surface area (Å²) in [7, 11) is 1.27. The molecule has 7 heteroatoms. The van der Waals surface area contributed by atoms with Crippen LogP contribution in [0.3, 0.4) is 0 Å². The summed E-state index contributed by atoms with van der Waals surface area (Å²) in [5.41, 5.74) is -0.854. The Hall–Kier alpha value is -1.95. The van der Waals surface area contributed by atoms with Crippen LogP contribution in [0.15, 0.2) is 12.1 Å². The van der Waals surface area contributed by atoms with Gasteiger partial charge in [-0.2, -0.15) is 0 Å². The van der Waals surface area contributed by atoms with E-state index in [1.165, 1.54) is 7.11 Å². The Morgan fingerprint density at radius 3 is 2.56 bits per heavy atom. The van der Waals surface area contributed by atoms with Gasteiger partial charge in [0.1, 0.15) is 11.3 Å². The summed E-state index contributed by atoms with van der Waals surface area (Å²) in [6.07, 6.45) is 0.397. The lowest BCUT2D eigenvalue weighted by Gasteiger charge is -2.05. The van der Waals surface area contributed by atoms with E-state index in [1.54, 1.807) is 0 Å². The molecule has 1 aromatic rings. The molecular formula is C9H6ClNO5. The lowest BCUT2D eigenvalue weighted by Crippen LogP contribution is -2.02. The Labute approximate surface area is 94.9 Å². The van der Waals surface area contributed by atoms with Gasteiger partial charge >= 0.3 is 0 Å². The number of nitro benzene ring substituents is 1. The largest absolute Gasteiger partial charge is 0.496 e. The highest BCUT2D eigenvalue weighted by Crippen LogP contribution is 2.28. The van der Waals surface area contributed by atoms with Crippen LogP contribution in [0, 0.1) is 10.1 Å². The predicted octanol–water partition coefficient (Wildman–Crippen LogP) is 1.79. The Kier molecular flexibility index (Phi) is 3.57. The van der Waals surface area contributed by atoms with Gasteiger partial charge in [0.15, 0.2) is 6.29 Å². The molecule has 0 saturated carbocycles. The van der Waals surface area contributed by atoms with Crippen molar-refractivity contribution < 1.29 is 19.2 Å². The minimum Gasteiger partial charge on any atom is -0.496 e. The van der Waals surface area contributed by atoms with Crippen molar-refractivity contribution in [2.75, 3.05) is 7.11 Å². The third-order valence-corrected chi connectivity index (χ3v) is 2.09. The number of carbonyl (C=O) groups excluding carboxylic acids is 2. The van der Waals surface area contributed by atoms with Gasteiger partial charge in [-0.1, -0.05) is 0 Å². The third-order valence-electron chi connectivity index (χ3n) is 1.88. The summed E-state index contributed by atoms with van der Waals surface area (Å²) in [6, 6.07) is 2.01. The number of carbonyl (C=O) groups is 2. The van der Waals surface area contributed by atoms with E-state index in [1.807, 2.05) is 0 Å². The predicted molar refractivity (Wildman–Crippen MR) is 55.2 cm³/mol. The van der Waals surface area contributed by atoms with Crippen molar-refractivity contribution in [3.05, 3.63) is 33.4 Å². The molecule has 0 saturated heterocycles. The SMILES string of the molecule is COc1cc(C(=O)Cl)c([N+](=O)[O-])cc1C=O. The summed E-state index contributed by atoms with van der Waals surface area (Å²) in [5, 5.41) is 9.65. The summed E-state index contributed by atoms with van der Waals surface area (Å²) in [6.45, 7) is 0. The topological polar surface area (TPSA) is 86.5 Å². The maximum Gasteiger partial charge on any atom is 0.282 e. The summed E-state index contributed by atoms with van der Waals surface area (Å²) >= 11 is 5.19. The van der Waals surface area contributed by atoms with Gasteiger partial charge in [0.25, 0.3) is 10.9 Å². The molecule has 1 rings (SSSR count). The second-order valence-electron chi connectivity index (χ2n) is 2.76. The number of methoxy groups -OCH3 is 1. The van der Waals surface area contributed by atoms with Crippen molar-refractivity contribution in [2.24, 2.45) is 0 Å². The highest BCUT2D eigenvalue weighted by Gasteiger charge is 2.22.